The summed E-state index contributed by atoms with van der Waals surface area (Å²) in [6, 6.07) is 18.2. The van der Waals surface area contributed by atoms with Crippen LogP contribution in [0, 0.1) is 5.92 Å². The Labute approximate surface area is 245 Å². The van der Waals surface area contributed by atoms with Crippen molar-refractivity contribution in [3.63, 3.8) is 0 Å². The molecular formula is C28H22F6N6O2S. The van der Waals surface area contributed by atoms with E-state index in [0.29, 0.717) is 34.4 Å². The highest BCUT2D eigenvalue weighted by Gasteiger charge is 2.34. The van der Waals surface area contributed by atoms with Crippen LogP contribution in [-0.2, 0) is 0 Å². The third-order valence-electron chi connectivity index (χ3n) is 5.95. The Kier molecular flexibility index (Phi) is 8.62. The summed E-state index contributed by atoms with van der Waals surface area (Å²) < 4.78 is 85.6. The third kappa shape index (κ3) is 8.06. The first-order valence-electron chi connectivity index (χ1n) is 12.7. The normalized spacial score (nSPS) is 17.0. The summed E-state index contributed by atoms with van der Waals surface area (Å²) in [6.45, 7) is 2.44. The summed E-state index contributed by atoms with van der Waals surface area (Å²) in [4.78, 5) is 5.93. The van der Waals surface area contributed by atoms with Gasteiger partial charge in [-0.05, 0) is 47.9 Å². The summed E-state index contributed by atoms with van der Waals surface area (Å²) in [5.41, 5.74) is 2.13. The monoisotopic (exact) mass is 620 g/mol. The van der Waals surface area contributed by atoms with E-state index in [0.717, 1.165) is 5.75 Å². The molecule has 0 radical (unpaired) electrons. The van der Waals surface area contributed by atoms with Crippen molar-refractivity contribution >= 4 is 28.8 Å². The minimum Gasteiger partial charge on any atom is -0.406 e. The van der Waals surface area contributed by atoms with E-state index in [1.807, 2.05) is 6.92 Å². The Morgan fingerprint density at radius 1 is 0.907 bits per heavy atom. The van der Waals surface area contributed by atoms with E-state index in [4.69, 9.17) is 0 Å². The number of hydrogen-bond donors (Lipinski definition) is 0. The molecule has 1 aliphatic rings. The van der Waals surface area contributed by atoms with Crippen LogP contribution in [0.2, 0.25) is 0 Å². The predicted octanol–water partition coefficient (Wildman–Crippen LogP) is 7.31. The van der Waals surface area contributed by atoms with Crippen molar-refractivity contribution in [3.05, 3.63) is 84.7 Å². The number of para-hydroxylation sites is 2. The number of anilines is 1. The van der Waals surface area contributed by atoms with Crippen molar-refractivity contribution in [2.24, 2.45) is 16.1 Å². The summed E-state index contributed by atoms with van der Waals surface area (Å²) in [7, 11) is 0. The van der Waals surface area contributed by atoms with E-state index in [-0.39, 0.29) is 23.1 Å². The van der Waals surface area contributed by atoms with Gasteiger partial charge in [-0.3, -0.25) is 0 Å². The fraction of sp³-hybridized carbons (Fsp3) is 0.214. The lowest BCUT2D eigenvalue weighted by Gasteiger charge is -2.33. The number of ether oxygens (including phenoxy) is 2. The zero-order chi connectivity index (χ0) is 30.6. The van der Waals surface area contributed by atoms with E-state index in [9.17, 15) is 26.3 Å². The lowest BCUT2D eigenvalue weighted by molar-refractivity contribution is -0.275. The average Bonchev–Trinajstić information content (AvgIpc) is 3.44. The molecule has 0 N–H and O–H groups in total. The Hall–Kier alpha value is -4.53. The maximum absolute atomic E-state index is 13.0. The number of hydrogen-bond acceptors (Lipinski definition) is 7. The van der Waals surface area contributed by atoms with Gasteiger partial charge in [0.15, 0.2) is 16.7 Å². The lowest BCUT2D eigenvalue weighted by Crippen LogP contribution is -2.39. The molecule has 5 rings (SSSR count). The van der Waals surface area contributed by atoms with Crippen molar-refractivity contribution in [1.29, 1.82) is 0 Å². The maximum atomic E-state index is 13.0. The lowest BCUT2D eigenvalue weighted by atomic mass is 10.1. The summed E-state index contributed by atoms with van der Waals surface area (Å²) in [5.74, 6) is 0.651. The Balaban J connectivity index is 1.28. The number of alkyl halides is 6. The zero-order valence-corrected chi connectivity index (χ0v) is 23.1. The number of benzene rings is 3. The van der Waals surface area contributed by atoms with Crippen LogP contribution in [0.4, 0.5) is 32.0 Å². The van der Waals surface area contributed by atoms with Gasteiger partial charge in [0.05, 0.1) is 17.6 Å². The van der Waals surface area contributed by atoms with E-state index in [1.165, 1.54) is 65.4 Å². The third-order valence-corrected chi connectivity index (χ3v) is 7.25. The predicted molar refractivity (Wildman–Crippen MR) is 151 cm³/mol. The summed E-state index contributed by atoms with van der Waals surface area (Å²) in [5, 5.41) is 13.3. The maximum Gasteiger partial charge on any atom is 0.573 e. The van der Waals surface area contributed by atoms with Crippen molar-refractivity contribution in [2.45, 2.75) is 19.6 Å². The molecule has 0 aliphatic carbocycles. The molecule has 8 nitrogen and oxygen atoms in total. The van der Waals surface area contributed by atoms with Crippen molar-refractivity contribution in [1.82, 2.24) is 14.8 Å². The molecule has 15 heteroatoms. The van der Waals surface area contributed by atoms with Gasteiger partial charge in [-0.25, -0.2) is 9.67 Å². The van der Waals surface area contributed by atoms with E-state index in [2.05, 4.69) is 29.8 Å². The molecule has 0 amide bonds. The Bertz CT molecular complexity index is 1600. The van der Waals surface area contributed by atoms with Crippen LogP contribution in [0.3, 0.4) is 0 Å². The summed E-state index contributed by atoms with van der Waals surface area (Å²) >= 11 is 1.39. The molecule has 0 spiro atoms. The van der Waals surface area contributed by atoms with E-state index >= 15 is 0 Å². The van der Waals surface area contributed by atoms with Crippen LogP contribution in [0.1, 0.15) is 12.5 Å². The first kappa shape index (κ1) is 29.9. The first-order valence-corrected chi connectivity index (χ1v) is 13.7. The molecule has 3 aromatic carbocycles. The zero-order valence-electron chi connectivity index (χ0n) is 22.3. The number of halogens is 6. The number of nitrogens with zero attached hydrogens (tertiary/aromatic N) is 6. The molecular weight excluding hydrogens is 598 g/mol. The van der Waals surface area contributed by atoms with Crippen LogP contribution in [-0.4, -0.2) is 51.2 Å². The minimum atomic E-state index is -4.83. The molecule has 1 aromatic heterocycles. The number of thioether (sulfide) groups is 1. The average molecular weight is 621 g/mol. The Morgan fingerprint density at radius 2 is 1.60 bits per heavy atom. The van der Waals surface area contributed by atoms with Gasteiger partial charge in [0.25, 0.3) is 0 Å². The van der Waals surface area contributed by atoms with Gasteiger partial charge >= 0.3 is 12.7 Å². The molecule has 224 valence electrons. The van der Waals surface area contributed by atoms with Crippen LogP contribution in [0.15, 0.2) is 89.3 Å². The molecule has 1 fully saturated rings. The second-order valence-electron chi connectivity index (χ2n) is 9.35. The molecule has 1 saturated heterocycles. The quantitative estimate of drug-likeness (QED) is 0.123. The number of aromatic nitrogens is 3. The molecule has 4 aromatic rings. The summed E-state index contributed by atoms with van der Waals surface area (Å²) in [6.07, 6.45) is -6.66. The molecule has 2 heterocycles. The first-order chi connectivity index (χ1) is 20.4. The SMILES string of the molecule is CC1CSC(=NN=Cc2ccc(-c3ncn(-c4ccc(OC(F)(F)F)cc4)n3)cc2)N(c2ccccc2OC(F)(F)F)C1. The highest BCUT2D eigenvalue weighted by Crippen LogP contribution is 2.37. The van der Waals surface area contributed by atoms with Gasteiger partial charge in [0.1, 0.15) is 12.1 Å². The van der Waals surface area contributed by atoms with Gasteiger partial charge in [0, 0.05) is 17.9 Å². The molecule has 43 heavy (non-hydrogen) atoms. The molecule has 1 unspecified atom stereocenters. The largest absolute Gasteiger partial charge is 0.573 e. The standard InChI is InChI=1S/C28H22F6N6O2S/c1-18-15-39(23-4-2-3-5-24(23)42-28(32,33)34)26(43-16-18)37-36-14-19-6-8-20(9-7-19)25-35-17-40(38-25)21-10-12-22(13-11-21)41-27(29,30)31/h2-14,17-18H,15-16H2,1H3. The fourth-order valence-corrected chi connectivity index (χ4v) is 5.07. The van der Waals surface area contributed by atoms with Gasteiger partial charge in [-0.1, -0.05) is 55.1 Å². The molecule has 0 saturated carbocycles. The molecule has 0 bridgehead atoms. The van der Waals surface area contributed by atoms with Crippen LogP contribution in [0.5, 0.6) is 11.5 Å². The van der Waals surface area contributed by atoms with E-state index in [1.54, 1.807) is 41.3 Å². The minimum absolute atomic E-state index is 0.194. The van der Waals surface area contributed by atoms with Gasteiger partial charge in [0.2, 0.25) is 0 Å². The molecule has 1 atom stereocenters. The van der Waals surface area contributed by atoms with Crippen molar-refractivity contribution < 1.29 is 35.8 Å². The fourth-order valence-electron chi connectivity index (χ4n) is 4.10. The van der Waals surface area contributed by atoms with E-state index < -0.39 is 12.7 Å². The highest BCUT2D eigenvalue weighted by atomic mass is 32.2. The Morgan fingerprint density at radius 3 is 2.30 bits per heavy atom. The highest BCUT2D eigenvalue weighted by molar-refractivity contribution is 8.14. The van der Waals surface area contributed by atoms with Crippen molar-refractivity contribution in [3.8, 4) is 28.6 Å². The smallest absolute Gasteiger partial charge is 0.406 e. The van der Waals surface area contributed by atoms with Gasteiger partial charge < -0.3 is 14.4 Å². The van der Waals surface area contributed by atoms with Crippen molar-refractivity contribution in [2.75, 3.05) is 17.2 Å². The number of amidine groups is 1. The van der Waals surface area contributed by atoms with Crippen LogP contribution >= 0.6 is 11.8 Å². The molecule has 1 aliphatic heterocycles. The van der Waals surface area contributed by atoms with Gasteiger partial charge in [-0.15, -0.1) is 36.5 Å². The van der Waals surface area contributed by atoms with Crippen LogP contribution < -0.4 is 14.4 Å². The number of rotatable bonds is 7. The second kappa shape index (κ2) is 12.4. The van der Waals surface area contributed by atoms with Gasteiger partial charge in [-0.2, -0.15) is 5.10 Å². The van der Waals surface area contributed by atoms with Crippen LogP contribution in [0.25, 0.3) is 17.1 Å². The topological polar surface area (TPSA) is 77.1 Å². The second-order valence-corrected chi connectivity index (χ2v) is 10.3.